The molecule has 32 heavy (non-hydrogen) atoms. The van der Waals surface area contributed by atoms with E-state index in [0.717, 1.165) is 23.3 Å². The van der Waals surface area contributed by atoms with Crippen LogP contribution < -0.4 is 0 Å². The Bertz CT molecular complexity index is 1050. The van der Waals surface area contributed by atoms with Gasteiger partial charge in [0, 0.05) is 0 Å². The smallest absolute Gasteiger partial charge is 0.409 e. The zero-order valence-corrected chi connectivity index (χ0v) is 20.2. The van der Waals surface area contributed by atoms with Crippen molar-refractivity contribution in [3.05, 3.63) is 71.4 Å². The molecule has 0 fully saturated rings. The highest BCUT2D eigenvalue weighted by atomic mass is 28.4. The van der Waals surface area contributed by atoms with Crippen molar-refractivity contribution >= 4 is 8.32 Å². The summed E-state index contributed by atoms with van der Waals surface area (Å²) in [6, 6.07) is 12.9. The van der Waals surface area contributed by atoms with E-state index < -0.39 is 20.1 Å². The topological polar surface area (TPSA) is 48.2 Å². The van der Waals surface area contributed by atoms with Crippen LogP contribution in [-0.2, 0) is 17.0 Å². The molecule has 0 aliphatic rings. The van der Waals surface area contributed by atoms with Crippen molar-refractivity contribution in [2.24, 2.45) is 0 Å². The zero-order valence-electron chi connectivity index (χ0n) is 19.2. The summed E-state index contributed by atoms with van der Waals surface area (Å²) in [6.45, 7) is 12.6. The number of benzene rings is 2. The summed E-state index contributed by atoms with van der Waals surface area (Å²) in [5, 5.41) is 3.88. The van der Waals surface area contributed by atoms with Crippen molar-refractivity contribution in [1.29, 1.82) is 0 Å². The second-order valence-electron chi connectivity index (χ2n) is 9.51. The van der Waals surface area contributed by atoms with Crippen molar-refractivity contribution in [2.75, 3.05) is 0 Å². The lowest BCUT2D eigenvalue weighted by Crippen LogP contribution is -2.42. The first-order valence-electron chi connectivity index (χ1n) is 10.5. The third-order valence-electron chi connectivity index (χ3n) is 5.98. The molecule has 0 aliphatic carbocycles. The number of hydrogen-bond acceptors (Lipinski definition) is 4. The molecule has 1 heterocycles. The van der Waals surface area contributed by atoms with Crippen LogP contribution in [0.2, 0.25) is 18.1 Å². The lowest BCUT2D eigenvalue weighted by molar-refractivity contribution is -0.137. The highest BCUT2D eigenvalue weighted by Crippen LogP contribution is 2.41. The van der Waals surface area contributed by atoms with Gasteiger partial charge in [0.1, 0.15) is 0 Å². The molecule has 0 saturated carbocycles. The molecule has 3 rings (SSSR count). The van der Waals surface area contributed by atoms with E-state index in [1.807, 2.05) is 24.3 Å². The summed E-state index contributed by atoms with van der Waals surface area (Å²) >= 11 is 0. The first kappa shape index (κ1) is 24.2. The Morgan fingerprint density at radius 2 is 1.66 bits per heavy atom. The minimum atomic E-state index is -4.36. The predicted octanol–water partition coefficient (Wildman–Crippen LogP) is 7.37. The molecule has 0 radical (unpaired) electrons. The highest BCUT2D eigenvalue weighted by Gasteiger charge is 2.40. The molecule has 1 unspecified atom stereocenters. The Labute approximate surface area is 187 Å². The summed E-state index contributed by atoms with van der Waals surface area (Å²) < 4.78 is 50.8. The normalized spacial score (nSPS) is 13.9. The van der Waals surface area contributed by atoms with Crippen molar-refractivity contribution in [1.82, 2.24) is 10.1 Å². The molecule has 0 saturated heterocycles. The molecule has 0 amide bonds. The van der Waals surface area contributed by atoms with E-state index in [1.165, 1.54) is 12.1 Å². The Morgan fingerprint density at radius 1 is 1.00 bits per heavy atom. The fourth-order valence-corrected chi connectivity index (χ4v) is 4.40. The molecule has 0 N–H and O–H groups in total. The van der Waals surface area contributed by atoms with Crippen LogP contribution >= 0.6 is 0 Å². The van der Waals surface area contributed by atoms with Crippen LogP contribution in [0.3, 0.4) is 0 Å². The highest BCUT2D eigenvalue weighted by molar-refractivity contribution is 6.74. The minimum absolute atomic E-state index is 0.00104. The maximum absolute atomic E-state index is 12.9. The number of alkyl halides is 3. The van der Waals surface area contributed by atoms with Crippen molar-refractivity contribution < 1.29 is 22.1 Å². The van der Waals surface area contributed by atoms with Crippen molar-refractivity contribution in [3.63, 3.8) is 0 Å². The third-order valence-corrected chi connectivity index (χ3v) is 10.5. The van der Waals surface area contributed by atoms with E-state index >= 15 is 0 Å². The first-order chi connectivity index (χ1) is 14.8. The van der Waals surface area contributed by atoms with Gasteiger partial charge in [0.25, 0.3) is 0 Å². The quantitative estimate of drug-likeness (QED) is 0.359. The van der Waals surface area contributed by atoms with E-state index in [0.29, 0.717) is 23.7 Å². The van der Waals surface area contributed by atoms with Crippen LogP contribution in [-0.4, -0.2) is 18.5 Å². The molecular formula is C24H29F3N2O2Si. The van der Waals surface area contributed by atoms with Gasteiger partial charge in [-0.15, -0.1) is 0 Å². The summed E-state index contributed by atoms with van der Waals surface area (Å²) in [7, 11) is -2.14. The second-order valence-corrected chi connectivity index (χ2v) is 14.3. The number of nitrogens with zero attached hydrogens (tertiary/aromatic N) is 2. The van der Waals surface area contributed by atoms with Gasteiger partial charge in [0.2, 0.25) is 5.89 Å². The van der Waals surface area contributed by atoms with Gasteiger partial charge in [-0.05, 0) is 59.9 Å². The Morgan fingerprint density at radius 3 is 2.19 bits per heavy atom. The fourth-order valence-electron chi connectivity index (χ4n) is 3.11. The third kappa shape index (κ3) is 5.66. The van der Waals surface area contributed by atoms with Gasteiger partial charge in [-0.3, -0.25) is 0 Å². The van der Waals surface area contributed by atoms with Gasteiger partial charge in [-0.1, -0.05) is 56.3 Å². The van der Waals surface area contributed by atoms with E-state index in [-0.39, 0.29) is 11.1 Å². The van der Waals surface area contributed by atoms with Gasteiger partial charge in [-0.2, -0.15) is 18.2 Å². The van der Waals surface area contributed by atoms with Crippen LogP contribution in [0, 0.1) is 6.92 Å². The molecule has 4 nitrogen and oxygen atoms in total. The largest absolute Gasteiger partial charge is 0.416 e. The van der Waals surface area contributed by atoms with Gasteiger partial charge >= 0.3 is 6.18 Å². The molecule has 0 bridgehead atoms. The Hall–Kier alpha value is -2.45. The van der Waals surface area contributed by atoms with Gasteiger partial charge in [-0.25, -0.2) is 0 Å². The predicted molar refractivity (Wildman–Crippen MR) is 121 cm³/mol. The molecule has 1 aromatic heterocycles. The van der Waals surface area contributed by atoms with E-state index in [1.54, 1.807) is 6.92 Å². The molecule has 0 spiro atoms. The lowest BCUT2D eigenvalue weighted by Gasteiger charge is -2.39. The average molecular weight is 463 g/mol. The number of rotatable bonds is 6. The van der Waals surface area contributed by atoms with Crippen LogP contribution in [0.15, 0.2) is 53.1 Å². The minimum Gasteiger partial charge on any atom is -0.409 e. The van der Waals surface area contributed by atoms with Gasteiger partial charge < -0.3 is 8.95 Å². The van der Waals surface area contributed by atoms with E-state index in [2.05, 4.69) is 44.0 Å². The SMILES string of the molecule is Cc1noc(CC(O[Si](C)(C)C(C)(C)C)c2cccc(-c3ccc(C(F)(F)F)cc3)c2)n1. The van der Waals surface area contributed by atoms with E-state index in [9.17, 15) is 13.2 Å². The second kappa shape index (κ2) is 8.82. The van der Waals surface area contributed by atoms with Gasteiger partial charge in [0.05, 0.1) is 18.1 Å². The van der Waals surface area contributed by atoms with E-state index in [4.69, 9.17) is 8.95 Å². The maximum Gasteiger partial charge on any atom is 0.416 e. The molecule has 2 aromatic carbocycles. The maximum atomic E-state index is 12.9. The van der Waals surface area contributed by atoms with Crippen molar-refractivity contribution in [2.45, 2.75) is 64.5 Å². The van der Waals surface area contributed by atoms with Crippen LogP contribution in [0.5, 0.6) is 0 Å². The monoisotopic (exact) mass is 462 g/mol. The Kier molecular flexibility index (Phi) is 6.67. The van der Waals surface area contributed by atoms with Crippen LogP contribution in [0.25, 0.3) is 11.1 Å². The van der Waals surface area contributed by atoms with Gasteiger partial charge in [0.15, 0.2) is 14.1 Å². The fraction of sp³-hybridized carbons (Fsp3) is 0.417. The number of aryl methyl sites for hydroxylation is 1. The summed E-state index contributed by atoms with van der Waals surface area (Å²) in [5.41, 5.74) is 1.78. The Balaban J connectivity index is 1.95. The first-order valence-corrected chi connectivity index (χ1v) is 13.4. The summed E-state index contributed by atoms with van der Waals surface area (Å²) in [6.07, 6.45) is -4.25. The molecule has 172 valence electrons. The molecule has 0 aliphatic heterocycles. The number of halogens is 3. The molecule has 3 aromatic rings. The van der Waals surface area contributed by atoms with Crippen molar-refractivity contribution in [3.8, 4) is 11.1 Å². The van der Waals surface area contributed by atoms with Crippen LogP contribution in [0.4, 0.5) is 13.2 Å². The molecular weight excluding hydrogens is 433 g/mol. The van der Waals surface area contributed by atoms with Crippen LogP contribution in [0.1, 0.15) is 49.7 Å². The number of aromatic nitrogens is 2. The number of hydrogen-bond donors (Lipinski definition) is 0. The summed E-state index contributed by atoms with van der Waals surface area (Å²) in [4.78, 5) is 4.33. The molecule has 1 atom stereocenters. The zero-order chi connectivity index (χ0) is 23.7. The standard InChI is InChI=1S/C24H29F3N2O2Si/c1-16-28-22(30-29-16)15-21(31-32(5,6)23(2,3)4)19-9-7-8-18(14-19)17-10-12-20(13-11-17)24(25,26)27/h7-14,21H,15H2,1-6H3. The molecule has 8 heteroatoms. The summed E-state index contributed by atoms with van der Waals surface area (Å²) in [5.74, 6) is 1.05. The average Bonchev–Trinajstić information content (AvgIpc) is 3.11. The lowest BCUT2D eigenvalue weighted by atomic mass is 9.98.